The van der Waals surface area contributed by atoms with Crippen molar-refractivity contribution in [3.05, 3.63) is 58.1 Å². The predicted octanol–water partition coefficient (Wildman–Crippen LogP) is 4.76. The molecule has 0 atom stereocenters. The number of halogens is 1. The van der Waals surface area contributed by atoms with Gasteiger partial charge >= 0.3 is 0 Å². The lowest BCUT2D eigenvalue weighted by Crippen LogP contribution is -1.95. The number of hydrogen-bond acceptors (Lipinski definition) is 1. The molecule has 0 unspecified atom stereocenters. The standard InChI is InChI=1S/C17H17ClO/c1-11-8-16(17(18)9-12(11)2)15-6-4-14(5-7-15)10-13(3)19/h4-9H,10H2,1-3H3. The Bertz CT molecular complexity index is 612. The molecular weight excluding hydrogens is 256 g/mol. The first-order valence-corrected chi connectivity index (χ1v) is 6.70. The number of benzene rings is 2. The predicted molar refractivity (Wildman–Crippen MR) is 80.7 cm³/mol. The number of Topliss-reactive ketones (excluding diaryl/α,β-unsaturated/α-hetero) is 1. The summed E-state index contributed by atoms with van der Waals surface area (Å²) in [7, 11) is 0. The highest BCUT2D eigenvalue weighted by Crippen LogP contribution is 2.30. The van der Waals surface area contributed by atoms with E-state index in [0.717, 1.165) is 21.7 Å². The molecule has 0 radical (unpaired) electrons. The summed E-state index contributed by atoms with van der Waals surface area (Å²) < 4.78 is 0. The minimum atomic E-state index is 0.178. The minimum Gasteiger partial charge on any atom is -0.300 e. The van der Waals surface area contributed by atoms with Gasteiger partial charge < -0.3 is 0 Å². The topological polar surface area (TPSA) is 17.1 Å². The van der Waals surface area contributed by atoms with Crippen LogP contribution in [0.5, 0.6) is 0 Å². The van der Waals surface area contributed by atoms with Crippen molar-refractivity contribution < 1.29 is 4.79 Å². The summed E-state index contributed by atoms with van der Waals surface area (Å²) in [6, 6.07) is 12.1. The summed E-state index contributed by atoms with van der Waals surface area (Å²) >= 11 is 6.31. The van der Waals surface area contributed by atoms with E-state index in [1.165, 1.54) is 11.1 Å². The van der Waals surface area contributed by atoms with Gasteiger partial charge in [0.15, 0.2) is 0 Å². The van der Waals surface area contributed by atoms with Gasteiger partial charge in [0.2, 0.25) is 0 Å². The van der Waals surface area contributed by atoms with Crippen molar-refractivity contribution in [2.24, 2.45) is 0 Å². The molecule has 0 saturated carbocycles. The Morgan fingerprint density at radius 3 is 2.21 bits per heavy atom. The Kier molecular flexibility index (Phi) is 4.06. The van der Waals surface area contributed by atoms with Crippen molar-refractivity contribution >= 4 is 17.4 Å². The number of carbonyl (C=O) groups is 1. The normalized spacial score (nSPS) is 10.5. The Hall–Kier alpha value is -1.60. The highest BCUT2D eigenvalue weighted by atomic mass is 35.5. The van der Waals surface area contributed by atoms with Crippen molar-refractivity contribution in [3.8, 4) is 11.1 Å². The first-order chi connectivity index (χ1) is 8.97. The molecule has 0 heterocycles. The number of hydrogen-bond donors (Lipinski definition) is 0. The Balaban J connectivity index is 2.37. The van der Waals surface area contributed by atoms with E-state index in [4.69, 9.17) is 11.6 Å². The van der Waals surface area contributed by atoms with Crippen LogP contribution in [0.4, 0.5) is 0 Å². The van der Waals surface area contributed by atoms with Gasteiger partial charge in [0.1, 0.15) is 5.78 Å². The lowest BCUT2D eigenvalue weighted by Gasteiger charge is -2.09. The summed E-state index contributed by atoms with van der Waals surface area (Å²) in [5.74, 6) is 0.178. The van der Waals surface area contributed by atoms with Crippen molar-refractivity contribution in [1.29, 1.82) is 0 Å². The van der Waals surface area contributed by atoms with Crippen molar-refractivity contribution in [1.82, 2.24) is 0 Å². The molecular formula is C17H17ClO. The number of aryl methyl sites for hydroxylation is 2. The van der Waals surface area contributed by atoms with E-state index < -0.39 is 0 Å². The molecule has 0 aromatic heterocycles. The monoisotopic (exact) mass is 272 g/mol. The number of carbonyl (C=O) groups excluding carboxylic acids is 1. The Labute approximate surface area is 119 Å². The van der Waals surface area contributed by atoms with Gasteiger partial charge in [-0.1, -0.05) is 35.9 Å². The zero-order valence-electron chi connectivity index (χ0n) is 11.5. The van der Waals surface area contributed by atoms with Gasteiger partial charge in [-0.15, -0.1) is 0 Å². The fraction of sp³-hybridized carbons (Fsp3) is 0.235. The van der Waals surface area contributed by atoms with E-state index in [0.29, 0.717) is 6.42 Å². The van der Waals surface area contributed by atoms with E-state index in [9.17, 15) is 4.79 Å². The van der Waals surface area contributed by atoms with Gasteiger partial charge in [0, 0.05) is 17.0 Å². The van der Waals surface area contributed by atoms with Crippen LogP contribution >= 0.6 is 11.6 Å². The molecule has 0 N–H and O–H groups in total. The first-order valence-electron chi connectivity index (χ1n) is 6.33. The van der Waals surface area contributed by atoms with Crippen molar-refractivity contribution in [2.75, 3.05) is 0 Å². The fourth-order valence-electron chi connectivity index (χ4n) is 2.09. The van der Waals surface area contributed by atoms with Crippen LogP contribution in [0.25, 0.3) is 11.1 Å². The Morgan fingerprint density at radius 2 is 1.63 bits per heavy atom. The molecule has 1 nitrogen and oxygen atoms in total. The summed E-state index contributed by atoms with van der Waals surface area (Å²) in [4.78, 5) is 11.1. The second-order valence-corrected chi connectivity index (χ2v) is 5.40. The lowest BCUT2D eigenvalue weighted by molar-refractivity contribution is -0.116. The molecule has 0 spiro atoms. The summed E-state index contributed by atoms with van der Waals surface area (Å²) in [5.41, 5.74) is 5.59. The molecule has 0 amide bonds. The van der Waals surface area contributed by atoms with E-state index in [1.54, 1.807) is 6.92 Å². The third-order valence-electron chi connectivity index (χ3n) is 3.30. The van der Waals surface area contributed by atoms with Crippen LogP contribution in [0, 0.1) is 13.8 Å². The quantitative estimate of drug-likeness (QED) is 0.788. The van der Waals surface area contributed by atoms with Crippen LogP contribution in [0.15, 0.2) is 36.4 Å². The maximum Gasteiger partial charge on any atom is 0.134 e. The molecule has 2 heteroatoms. The van der Waals surface area contributed by atoms with Crippen LogP contribution in [-0.4, -0.2) is 5.78 Å². The van der Waals surface area contributed by atoms with Gasteiger partial charge in [0.05, 0.1) is 0 Å². The van der Waals surface area contributed by atoms with Gasteiger partial charge in [-0.25, -0.2) is 0 Å². The van der Waals surface area contributed by atoms with Crippen LogP contribution in [-0.2, 0) is 11.2 Å². The molecule has 0 aliphatic rings. The zero-order chi connectivity index (χ0) is 14.0. The molecule has 2 aromatic carbocycles. The second-order valence-electron chi connectivity index (χ2n) is 4.99. The molecule has 0 bridgehead atoms. The van der Waals surface area contributed by atoms with E-state index in [1.807, 2.05) is 30.3 Å². The molecule has 2 rings (SSSR count). The van der Waals surface area contributed by atoms with Crippen LogP contribution in [0.2, 0.25) is 5.02 Å². The first kappa shape index (κ1) is 13.8. The summed E-state index contributed by atoms with van der Waals surface area (Å²) in [5, 5.41) is 0.766. The van der Waals surface area contributed by atoms with E-state index >= 15 is 0 Å². The molecule has 0 aliphatic heterocycles. The highest BCUT2D eigenvalue weighted by molar-refractivity contribution is 6.33. The highest BCUT2D eigenvalue weighted by Gasteiger charge is 2.06. The van der Waals surface area contributed by atoms with E-state index in [2.05, 4.69) is 19.9 Å². The SMILES string of the molecule is CC(=O)Cc1ccc(-c2cc(C)c(C)cc2Cl)cc1. The van der Waals surface area contributed by atoms with Crippen molar-refractivity contribution in [2.45, 2.75) is 27.2 Å². The fourth-order valence-corrected chi connectivity index (χ4v) is 2.42. The molecule has 0 aliphatic carbocycles. The van der Waals surface area contributed by atoms with Gasteiger partial charge in [-0.05, 0) is 55.2 Å². The minimum absolute atomic E-state index is 0.178. The molecule has 19 heavy (non-hydrogen) atoms. The maximum absolute atomic E-state index is 11.1. The molecule has 98 valence electrons. The smallest absolute Gasteiger partial charge is 0.134 e. The molecule has 0 fully saturated rings. The van der Waals surface area contributed by atoms with Crippen molar-refractivity contribution in [3.63, 3.8) is 0 Å². The Morgan fingerprint density at radius 1 is 1.05 bits per heavy atom. The average molecular weight is 273 g/mol. The molecule has 2 aromatic rings. The third-order valence-corrected chi connectivity index (χ3v) is 3.61. The number of ketones is 1. The summed E-state index contributed by atoms with van der Waals surface area (Å²) in [6.07, 6.45) is 0.487. The van der Waals surface area contributed by atoms with Crippen LogP contribution in [0.3, 0.4) is 0 Å². The largest absolute Gasteiger partial charge is 0.300 e. The van der Waals surface area contributed by atoms with Crippen LogP contribution < -0.4 is 0 Å². The lowest BCUT2D eigenvalue weighted by atomic mass is 9.98. The van der Waals surface area contributed by atoms with Gasteiger partial charge in [-0.2, -0.15) is 0 Å². The van der Waals surface area contributed by atoms with Crippen LogP contribution in [0.1, 0.15) is 23.6 Å². The van der Waals surface area contributed by atoms with E-state index in [-0.39, 0.29) is 5.78 Å². The van der Waals surface area contributed by atoms with Gasteiger partial charge in [0.25, 0.3) is 0 Å². The summed E-state index contributed by atoms with van der Waals surface area (Å²) in [6.45, 7) is 5.74. The maximum atomic E-state index is 11.1. The average Bonchev–Trinajstić information content (AvgIpc) is 2.34. The van der Waals surface area contributed by atoms with Gasteiger partial charge in [-0.3, -0.25) is 4.79 Å². The second kappa shape index (κ2) is 5.58. The number of rotatable bonds is 3. The zero-order valence-corrected chi connectivity index (χ0v) is 12.2. The molecule has 0 saturated heterocycles. The third kappa shape index (κ3) is 3.24.